The Labute approximate surface area is 146 Å². The molecule has 1 aliphatic heterocycles. The second-order valence-electron chi connectivity index (χ2n) is 5.52. The Balaban J connectivity index is 0.00000400. The van der Waals surface area contributed by atoms with Crippen molar-refractivity contribution in [1.29, 1.82) is 0 Å². The van der Waals surface area contributed by atoms with Crippen LogP contribution in [0.1, 0.15) is 52.4 Å². The number of unbranched alkanes of at least 4 members (excludes halogenated alkanes) is 3. The van der Waals surface area contributed by atoms with Crippen LogP contribution in [0.3, 0.4) is 0 Å². The van der Waals surface area contributed by atoms with Gasteiger partial charge in [-0.05, 0) is 13.3 Å². The molecular formula is C15H32IN3O2. The highest BCUT2D eigenvalue weighted by Crippen LogP contribution is 2.20. The number of nitrogens with one attached hydrogen (secondary N) is 2. The maximum absolute atomic E-state index is 10.4. The lowest BCUT2D eigenvalue weighted by Gasteiger charge is -2.30. The molecule has 3 N–H and O–H groups in total. The molecule has 5 nitrogen and oxygen atoms in total. The van der Waals surface area contributed by atoms with E-state index in [0.717, 1.165) is 25.5 Å². The number of aliphatic imine (C=N–C) groups is 1. The van der Waals surface area contributed by atoms with Crippen molar-refractivity contribution < 1.29 is 9.84 Å². The van der Waals surface area contributed by atoms with Crippen LogP contribution >= 0.6 is 24.0 Å². The second-order valence-corrected chi connectivity index (χ2v) is 5.52. The summed E-state index contributed by atoms with van der Waals surface area (Å²) in [6.45, 7) is 7.75. The SMILES string of the molecule is CCCCCCNC(=NCC1(O)CCOCC1)NCC.I. The van der Waals surface area contributed by atoms with Gasteiger partial charge in [0.15, 0.2) is 5.96 Å². The molecule has 126 valence electrons. The average Bonchev–Trinajstić information content (AvgIpc) is 2.45. The Bertz CT molecular complexity index is 282. The third-order valence-electron chi connectivity index (χ3n) is 3.62. The molecular weight excluding hydrogens is 381 g/mol. The lowest BCUT2D eigenvalue weighted by molar-refractivity contribution is -0.0565. The molecule has 0 unspecified atom stereocenters. The molecule has 1 saturated heterocycles. The molecule has 6 heteroatoms. The molecule has 0 radical (unpaired) electrons. The van der Waals surface area contributed by atoms with Crippen molar-refractivity contribution in [2.75, 3.05) is 32.8 Å². The molecule has 0 aromatic rings. The summed E-state index contributed by atoms with van der Waals surface area (Å²) in [5, 5.41) is 16.9. The average molecular weight is 413 g/mol. The fourth-order valence-corrected chi connectivity index (χ4v) is 2.24. The van der Waals surface area contributed by atoms with E-state index in [2.05, 4.69) is 29.5 Å². The first kappa shape index (κ1) is 20.9. The minimum Gasteiger partial charge on any atom is -0.388 e. The number of aliphatic hydroxyl groups is 1. The zero-order chi connectivity index (χ0) is 14.7. The maximum atomic E-state index is 10.4. The van der Waals surface area contributed by atoms with Crippen LogP contribution in [-0.2, 0) is 4.74 Å². The van der Waals surface area contributed by atoms with Gasteiger partial charge >= 0.3 is 0 Å². The first-order valence-corrected chi connectivity index (χ1v) is 8.02. The number of guanidine groups is 1. The second kappa shape index (κ2) is 12.5. The van der Waals surface area contributed by atoms with E-state index in [1.807, 2.05) is 0 Å². The van der Waals surface area contributed by atoms with Crippen molar-refractivity contribution in [3.8, 4) is 0 Å². The highest BCUT2D eigenvalue weighted by molar-refractivity contribution is 14.0. The topological polar surface area (TPSA) is 65.9 Å². The van der Waals surface area contributed by atoms with Gasteiger partial charge in [0.2, 0.25) is 0 Å². The van der Waals surface area contributed by atoms with E-state index in [0.29, 0.717) is 32.6 Å². The van der Waals surface area contributed by atoms with Gasteiger partial charge in [-0.2, -0.15) is 0 Å². The Morgan fingerprint density at radius 1 is 1.14 bits per heavy atom. The molecule has 0 aromatic carbocycles. The molecule has 1 aliphatic rings. The highest BCUT2D eigenvalue weighted by atomic mass is 127. The summed E-state index contributed by atoms with van der Waals surface area (Å²) in [6, 6.07) is 0. The Morgan fingerprint density at radius 3 is 2.48 bits per heavy atom. The summed E-state index contributed by atoms with van der Waals surface area (Å²) in [7, 11) is 0. The van der Waals surface area contributed by atoms with Gasteiger partial charge in [-0.3, -0.25) is 4.99 Å². The predicted molar refractivity (Wildman–Crippen MR) is 98.5 cm³/mol. The summed E-state index contributed by atoms with van der Waals surface area (Å²) < 4.78 is 5.28. The number of rotatable bonds is 8. The summed E-state index contributed by atoms with van der Waals surface area (Å²) in [5.74, 6) is 0.809. The molecule has 0 amide bonds. The molecule has 1 fully saturated rings. The largest absolute Gasteiger partial charge is 0.388 e. The first-order chi connectivity index (χ1) is 9.70. The Morgan fingerprint density at radius 2 is 1.86 bits per heavy atom. The number of hydrogen-bond acceptors (Lipinski definition) is 3. The maximum Gasteiger partial charge on any atom is 0.191 e. The molecule has 0 bridgehead atoms. The van der Waals surface area contributed by atoms with Gasteiger partial charge in [0.25, 0.3) is 0 Å². The molecule has 0 saturated carbocycles. The van der Waals surface area contributed by atoms with Crippen molar-refractivity contribution in [2.24, 2.45) is 4.99 Å². The van der Waals surface area contributed by atoms with E-state index in [1.54, 1.807) is 0 Å². The summed E-state index contributed by atoms with van der Waals surface area (Å²) in [5.41, 5.74) is -0.692. The van der Waals surface area contributed by atoms with Crippen LogP contribution in [-0.4, -0.2) is 49.5 Å². The minimum absolute atomic E-state index is 0. The fraction of sp³-hybridized carbons (Fsp3) is 0.933. The van der Waals surface area contributed by atoms with Crippen molar-refractivity contribution in [1.82, 2.24) is 10.6 Å². The van der Waals surface area contributed by atoms with E-state index >= 15 is 0 Å². The highest BCUT2D eigenvalue weighted by Gasteiger charge is 2.29. The molecule has 0 aliphatic carbocycles. The van der Waals surface area contributed by atoms with Crippen LogP contribution < -0.4 is 10.6 Å². The minimum atomic E-state index is -0.692. The lowest BCUT2D eigenvalue weighted by Crippen LogP contribution is -2.42. The third kappa shape index (κ3) is 9.52. The van der Waals surface area contributed by atoms with E-state index < -0.39 is 5.60 Å². The molecule has 0 spiro atoms. The molecule has 21 heavy (non-hydrogen) atoms. The number of ether oxygens (including phenoxy) is 1. The summed E-state index contributed by atoms with van der Waals surface area (Å²) >= 11 is 0. The van der Waals surface area contributed by atoms with Crippen LogP contribution in [0.15, 0.2) is 4.99 Å². The van der Waals surface area contributed by atoms with Gasteiger partial charge in [0, 0.05) is 39.1 Å². The van der Waals surface area contributed by atoms with Crippen molar-refractivity contribution in [2.45, 2.75) is 58.0 Å². The normalized spacial score (nSPS) is 18.0. The fourth-order valence-electron chi connectivity index (χ4n) is 2.24. The van der Waals surface area contributed by atoms with Gasteiger partial charge < -0.3 is 20.5 Å². The zero-order valence-electron chi connectivity index (χ0n) is 13.5. The standard InChI is InChI=1S/C15H31N3O2.HI/c1-3-5-6-7-10-17-14(16-4-2)18-13-15(19)8-11-20-12-9-15;/h19H,3-13H2,1-2H3,(H2,16,17,18);1H. The van der Waals surface area contributed by atoms with Crippen LogP contribution in [0, 0.1) is 0 Å². The van der Waals surface area contributed by atoms with Gasteiger partial charge in [-0.15, -0.1) is 24.0 Å². The van der Waals surface area contributed by atoms with E-state index in [4.69, 9.17) is 4.74 Å². The molecule has 1 rings (SSSR count). The van der Waals surface area contributed by atoms with Crippen LogP contribution in [0.4, 0.5) is 0 Å². The molecule has 1 heterocycles. The molecule has 0 atom stereocenters. The van der Waals surface area contributed by atoms with Crippen LogP contribution in [0.5, 0.6) is 0 Å². The van der Waals surface area contributed by atoms with Gasteiger partial charge in [-0.25, -0.2) is 0 Å². The number of halogens is 1. The van der Waals surface area contributed by atoms with Crippen LogP contribution in [0.2, 0.25) is 0 Å². The van der Waals surface area contributed by atoms with Crippen LogP contribution in [0.25, 0.3) is 0 Å². The smallest absolute Gasteiger partial charge is 0.191 e. The predicted octanol–water partition coefficient (Wildman–Crippen LogP) is 2.28. The van der Waals surface area contributed by atoms with Crippen molar-refractivity contribution in [3.05, 3.63) is 0 Å². The zero-order valence-corrected chi connectivity index (χ0v) is 15.8. The van der Waals surface area contributed by atoms with Crippen molar-refractivity contribution >= 4 is 29.9 Å². The van der Waals surface area contributed by atoms with Crippen molar-refractivity contribution in [3.63, 3.8) is 0 Å². The number of nitrogens with zero attached hydrogens (tertiary/aromatic N) is 1. The third-order valence-corrected chi connectivity index (χ3v) is 3.62. The summed E-state index contributed by atoms with van der Waals surface area (Å²) in [6.07, 6.45) is 6.30. The first-order valence-electron chi connectivity index (χ1n) is 8.02. The van der Waals surface area contributed by atoms with Gasteiger partial charge in [-0.1, -0.05) is 26.2 Å². The van der Waals surface area contributed by atoms with Gasteiger partial charge in [0.05, 0.1) is 12.1 Å². The molecule has 0 aromatic heterocycles. The number of hydrogen-bond donors (Lipinski definition) is 3. The Kier molecular flexibility index (Phi) is 12.4. The van der Waals surface area contributed by atoms with Gasteiger partial charge in [0.1, 0.15) is 0 Å². The lowest BCUT2D eigenvalue weighted by atomic mass is 9.95. The van der Waals surface area contributed by atoms with E-state index in [-0.39, 0.29) is 24.0 Å². The Hall–Kier alpha value is -0.0800. The monoisotopic (exact) mass is 413 g/mol. The quantitative estimate of drug-likeness (QED) is 0.247. The van der Waals surface area contributed by atoms with E-state index in [9.17, 15) is 5.11 Å². The van der Waals surface area contributed by atoms with E-state index in [1.165, 1.54) is 19.3 Å². The summed E-state index contributed by atoms with van der Waals surface area (Å²) in [4.78, 5) is 4.52.